The second-order valence-electron chi connectivity index (χ2n) is 31.0. The molecule has 6 aromatic heterocycles. The Balaban J connectivity index is 0.000000107. The number of rotatable bonds is 13. The van der Waals surface area contributed by atoms with E-state index < -0.39 is 0 Å². The summed E-state index contributed by atoms with van der Waals surface area (Å²) < 4.78 is 22.7. The van der Waals surface area contributed by atoms with Crippen LogP contribution in [0.25, 0.3) is 158 Å². The molecule has 0 bridgehead atoms. The summed E-state index contributed by atoms with van der Waals surface area (Å²) in [5.74, 6) is 0. The molecular formula is C114H76N6O2S. The maximum Gasteiger partial charge on any atom is 0.145 e. The quantitative estimate of drug-likeness (QED) is 0.115. The highest BCUT2D eigenvalue weighted by Crippen LogP contribution is 2.49. The fourth-order valence-electron chi connectivity index (χ4n) is 18.5. The number of hydrogen-bond donors (Lipinski definition) is 0. The normalized spacial score (nSPS) is 11.6. The Morgan fingerprint density at radius 2 is 0.488 bits per heavy atom. The van der Waals surface area contributed by atoms with Crippen LogP contribution in [0.5, 0.6) is 0 Å². The van der Waals surface area contributed by atoms with E-state index in [0.29, 0.717) is 0 Å². The van der Waals surface area contributed by atoms with Gasteiger partial charge in [-0.2, -0.15) is 0 Å². The molecule has 580 valence electrons. The standard InChI is InChI=1S/C42H28N2S.2C36H24N2O/c1-4-13-29(14-5-1)34-20-12-21-35-36-27-28-39-40(42(36)45-41(34)35)37-19-10-11-22-38(37)44(39)33-25-23-32(24-26-33)43(30-15-6-2-7-16-30)31-17-8-3-9-18-31;1-3-12-25(13-4-1)37(26-14-5-2-6-15-26)27-16-11-17-28(24-27)38-32-20-9-7-19-31(32)35-33(38)23-22-30-29-18-8-10-21-34(29)39-36(30)35;1-3-11-25(12-4-1)37(26-13-5-2-6-14-26)27-19-21-28(22-20-27)38-32-17-9-7-16-31(32)35-33(38)24-23-30-29-15-8-10-18-34(29)39-36(30)35/h1-28H;2*1-24H. The Hall–Kier alpha value is -16.2. The van der Waals surface area contributed by atoms with Crippen molar-refractivity contribution in [1.29, 1.82) is 0 Å². The number of fused-ring (bicyclic) bond motifs is 21. The number of thiophene rings is 1. The Bertz CT molecular complexity index is 8110. The smallest absolute Gasteiger partial charge is 0.145 e. The van der Waals surface area contributed by atoms with Crippen LogP contribution in [0.3, 0.4) is 0 Å². The zero-order valence-corrected chi connectivity index (χ0v) is 67.6. The van der Waals surface area contributed by atoms with E-state index in [1.807, 2.05) is 35.6 Å². The van der Waals surface area contributed by atoms with Gasteiger partial charge in [-0.05, 0) is 211 Å². The number of benzene rings is 19. The highest BCUT2D eigenvalue weighted by molar-refractivity contribution is 7.27. The van der Waals surface area contributed by atoms with Gasteiger partial charge in [0.2, 0.25) is 0 Å². The van der Waals surface area contributed by atoms with Crippen molar-refractivity contribution in [1.82, 2.24) is 13.7 Å². The van der Waals surface area contributed by atoms with Crippen LogP contribution in [0.1, 0.15) is 0 Å². The molecule has 9 heteroatoms. The first-order valence-electron chi connectivity index (χ1n) is 41.7. The van der Waals surface area contributed by atoms with Crippen molar-refractivity contribution in [2.75, 3.05) is 14.7 Å². The van der Waals surface area contributed by atoms with Crippen LogP contribution in [-0.4, -0.2) is 13.7 Å². The van der Waals surface area contributed by atoms with Crippen LogP contribution in [-0.2, 0) is 0 Å². The topological polar surface area (TPSA) is 50.8 Å². The lowest BCUT2D eigenvalue weighted by atomic mass is 10.0. The molecule has 0 N–H and O–H groups in total. The van der Waals surface area contributed by atoms with E-state index in [0.717, 1.165) is 145 Å². The molecule has 0 amide bonds. The maximum atomic E-state index is 6.48. The number of hydrogen-bond acceptors (Lipinski definition) is 6. The molecule has 0 saturated heterocycles. The van der Waals surface area contributed by atoms with Crippen molar-refractivity contribution in [3.8, 4) is 28.2 Å². The molecule has 0 aliphatic heterocycles. The molecular weight excluding hydrogens is 1520 g/mol. The summed E-state index contributed by atoms with van der Waals surface area (Å²) >= 11 is 1.92. The van der Waals surface area contributed by atoms with Gasteiger partial charge in [-0.1, -0.05) is 261 Å². The average Bonchev–Trinajstić information content (AvgIpc) is 1.56. The number of aromatic nitrogens is 3. The monoisotopic (exact) mass is 1590 g/mol. The van der Waals surface area contributed by atoms with Crippen molar-refractivity contribution < 1.29 is 8.83 Å². The molecule has 123 heavy (non-hydrogen) atoms. The fraction of sp³-hybridized carbons (Fsp3) is 0. The third-order valence-electron chi connectivity index (χ3n) is 23.9. The Morgan fingerprint density at radius 3 is 0.911 bits per heavy atom. The maximum absolute atomic E-state index is 6.48. The summed E-state index contributed by atoms with van der Waals surface area (Å²) in [6, 6.07) is 163. The molecule has 8 nitrogen and oxygen atoms in total. The molecule has 19 aromatic carbocycles. The Morgan fingerprint density at radius 1 is 0.187 bits per heavy atom. The summed E-state index contributed by atoms with van der Waals surface area (Å²) in [5, 5.41) is 14.5. The van der Waals surface area contributed by atoms with Crippen molar-refractivity contribution in [3.63, 3.8) is 0 Å². The highest BCUT2D eigenvalue weighted by Gasteiger charge is 2.25. The van der Waals surface area contributed by atoms with Gasteiger partial charge in [0.15, 0.2) is 0 Å². The van der Waals surface area contributed by atoms with Gasteiger partial charge in [-0.15, -0.1) is 11.3 Å². The minimum atomic E-state index is 0.917. The van der Waals surface area contributed by atoms with Crippen LogP contribution < -0.4 is 14.7 Å². The summed E-state index contributed by atoms with van der Waals surface area (Å²) in [7, 11) is 0. The lowest BCUT2D eigenvalue weighted by Crippen LogP contribution is -2.10. The molecule has 0 spiro atoms. The van der Waals surface area contributed by atoms with E-state index in [9.17, 15) is 0 Å². The first kappa shape index (κ1) is 72.1. The molecule has 0 aliphatic rings. The van der Waals surface area contributed by atoms with Gasteiger partial charge in [0.05, 0.1) is 43.9 Å². The zero-order chi connectivity index (χ0) is 81.3. The number of para-hydroxylation sites is 11. The average molecular weight is 1590 g/mol. The third-order valence-corrected chi connectivity index (χ3v) is 25.2. The summed E-state index contributed by atoms with van der Waals surface area (Å²) in [5.41, 5.74) is 26.8. The second kappa shape index (κ2) is 30.6. The summed E-state index contributed by atoms with van der Waals surface area (Å²) in [6.45, 7) is 0. The predicted octanol–water partition coefficient (Wildman–Crippen LogP) is 32.6. The first-order valence-corrected chi connectivity index (χ1v) is 42.5. The van der Waals surface area contributed by atoms with Crippen LogP contribution >= 0.6 is 11.3 Å². The van der Waals surface area contributed by atoms with Crippen molar-refractivity contribution >= 4 is 192 Å². The van der Waals surface area contributed by atoms with Crippen LogP contribution in [0.4, 0.5) is 51.2 Å². The molecule has 0 atom stereocenters. The summed E-state index contributed by atoms with van der Waals surface area (Å²) in [4.78, 5) is 6.89. The Kier molecular flexibility index (Phi) is 17.9. The van der Waals surface area contributed by atoms with E-state index in [2.05, 4.69) is 465 Å². The molecule has 25 rings (SSSR count). The van der Waals surface area contributed by atoms with Gasteiger partial charge in [-0.25, -0.2) is 0 Å². The molecule has 0 fully saturated rings. The van der Waals surface area contributed by atoms with Gasteiger partial charge in [0, 0.05) is 132 Å². The molecule has 0 aliphatic carbocycles. The highest BCUT2D eigenvalue weighted by atomic mass is 32.1. The Labute approximate surface area is 713 Å². The van der Waals surface area contributed by atoms with E-state index in [-0.39, 0.29) is 0 Å². The fourth-order valence-corrected chi connectivity index (χ4v) is 19.9. The van der Waals surface area contributed by atoms with E-state index in [1.165, 1.54) is 63.9 Å². The van der Waals surface area contributed by atoms with Crippen LogP contribution in [0.2, 0.25) is 0 Å². The zero-order valence-electron chi connectivity index (χ0n) is 66.8. The summed E-state index contributed by atoms with van der Waals surface area (Å²) in [6.07, 6.45) is 0. The molecule has 6 heterocycles. The molecule has 0 unspecified atom stereocenters. The first-order chi connectivity index (χ1) is 61.1. The van der Waals surface area contributed by atoms with Crippen molar-refractivity contribution in [2.24, 2.45) is 0 Å². The van der Waals surface area contributed by atoms with E-state index in [1.54, 1.807) is 0 Å². The minimum absolute atomic E-state index is 0.917. The number of furan rings is 2. The van der Waals surface area contributed by atoms with Gasteiger partial charge in [0.1, 0.15) is 22.3 Å². The van der Waals surface area contributed by atoms with Crippen LogP contribution in [0, 0.1) is 0 Å². The van der Waals surface area contributed by atoms with Gasteiger partial charge < -0.3 is 37.2 Å². The third kappa shape index (κ3) is 12.5. The van der Waals surface area contributed by atoms with Crippen LogP contribution in [0.15, 0.2) is 470 Å². The largest absolute Gasteiger partial charge is 0.455 e. The van der Waals surface area contributed by atoms with E-state index >= 15 is 0 Å². The number of anilines is 9. The van der Waals surface area contributed by atoms with Crippen molar-refractivity contribution in [3.05, 3.63) is 461 Å². The molecule has 0 radical (unpaired) electrons. The lowest BCUT2D eigenvalue weighted by molar-refractivity contribution is 0.672. The predicted molar refractivity (Wildman–Crippen MR) is 519 cm³/mol. The second-order valence-corrected chi connectivity index (χ2v) is 32.0. The number of nitrogens with zero attached hydrogens (tertiary/aromatic N) is 6. The van der Waals surface area contributed by atoms with E-state index in [4.69, 9.17) is 8.83 Å². The van der Waals surface area contributed by atoms with Gasteiger partial charge >= 0.3 is 0 Å². The molecule has 0 saturated carbocycles. The molecule has 25 aromatic rings. The minimum Gasteiger partial charge on any atom is -0.455 e. The van der Waals surface area contributed by atoms with Crippen molar-refractivity contribution in [2.45, 2.75) is 0 Å². The lowest BCUT2D eigenvalue weighted by Gasteiger charge is -2.26. The van der Waals surface area contributed by atoms with Gasteiger partial charge in [0.25, 0.3) is 0 Å². The SMILES string of the molecule is c1ccc(-c2cccc3c2sc2c3ccc3c2c2ccccc2n3-c2ccc(N(c3ccccc3)c3ccccc3)cc2)cc1.c1ccc(N(c2ccccc2)c2ccc(-n3c4ccccc4c4c5oc6ccccc6c5ccc43)cc2)cc1.c1ccc(N(c2ccccc2)c2cccc(-n3c4ccccc4c4c5oc6ccccc6c5ccc43)c2)cc1. The van der Waals surface area contributed by atoms with Gasteiger partial charge in [-0.3, -0.25) is 0 Å².